The van der Waals surface area contributed by atoms with Crippen molar-refractivity contribution in [3.63, 3.8) is 0 Å². The molecule has 2 saturated heterocycles. The number of nitrogens with two attached hydrogens (primary N) is 1. The Kier molecular flexibility index (Phi) is 5.42. The van der Waals surface area contributed by atoms with E-state index < -0.39 is 61.3 Å². The molecule has 2 heterocycles. The Labute approximate surface area is 128 Å². The van der Waals surface area contributed by atoms with Crippen LogP contribution in [0.15, 0.2) is 0 Å². The molecule has 130 valence electrons. The molecule has 9 heteroatoms. The Morgan fingerprint density at radius 3 is 2.36 bits per heavy atom. The molecule has 9 atom stereocenters. The highest BCUT2D eigenvalue weighted by atomic mass is 16.7. The van der Waals surface area contributed by atoms with Gasteiger partial charge in [0.1, 0.15) is 24.4 Å². The average molecular weight is 323 g/mol. The Morgan fingerprint density at radius 1 is 1.18 bits per heavy atom. The van der Waals surface area contributed by atoms with Crippen LogP contribution in [0.2, 0.25) is 0 Å². The molecule has 0 aromatic rings. The van der Waals surface area contributed by atoms with E-state index in [0.29, 0.717) is 0 Å². The Hall–Kier alpha value is -0.360. The maximum atomic E-state index is 10.0. The van der Waals surface area contributed by atoms with Gasteiger partial charge in [0.2, 0.25) is 0 Å². The van der Waals surface area contributed by atoms with Crippen molar-refractivity contribution in [3.8, 4) is 0 Å². The minimum atomic E-state index is -1.54. The van der Waals surface area contributed by atoms with E-state index in [1.54, 1.807) is 13.8 Å². The summed E-state index contributed by atoms with van der Waals surface area (Å²) in [7, 11) is 0. The van der Waals surface area contributed by atoms with Crippen LogP contribution in [0.1, 0.15) is 20.3 Å². The van der Waals surface area contributed by atoms with Crippen molar-refractivity contribution in [1.29, 1.82) is 0 Å². The summed E-state index contributed by atoms with van der Waals surface area (Å²) >= 11 is 0. The fraction of sp³-hybridized carbons (Fsp3) is 1.00. The van der Waals surface area contributed by atoms with Crippen molar-refractivity contribution in [2.45, 2.75) is 75.0 Å². The van der Waals surface area contributed by atoms with E-state index in [2.05, 4.69) is 0 Å². The number of aliphatic hydroxyl groups is 5. The molecule has 2 aliphatic rings. The first-order valence-corrected chi connectivity index (χ1v) is 7.25. The summed E-state index contributed by atoms with van der Waals surface area (Å²) in [5.41, 5.74) is 5.04. The lowest BCUT2D eigenvalue weighted by molar-refractivity contribution is -0.339. The Balaban J connectivity index is 2.04. The minimum absolute atomic E-state index is 0.133. The van der Waals surface area contributed by atoms with Crippen LogP contribution in [-0.2, 0) is 14.2 Å². The van der Waals surface area contributed by atoms with Gasteiger partial charge in [0.15, 0.2) is 12.6 Å². The fourth-order valence-corrected chi connectivity index (χ4v) is 2.85. The van der Waals surface area contributed by atoms with Gasteiger partial charge >= 0.3 is 0 Å². The number of rotatable bonds is 3. The lowest BCUT2D eigenvalue weighted by Gasteiger charge is -2.46. The largest absolute Gasteiger partial charge is 0.394 e. The van der Waals surface area contributed by atoms with Gasteiger partial charge in [0.25, 0.3) is 0 Å². The molecular formula is C13H25NO8. The van der Waals surface area contributed by atoms with Gasteiger partial charge in [-0.2, -0.15) is 0 Å². The third kappa shape index (κ3) is 3.42. The summed E-state index contributed by atoms with van der Waals surface area (Å²) in [5.74, 6) is 0. The molecule has 0 spiro atoms. The van der Waals surface area contributed by atoms with E-state index in [4.69, 9.17) is 25.1 Å². The van der Waals surface area contributed by atoms with Crippen molar-refractivity contribution in [2.75, 3.05) is 6.61 Å². The SMILES string of the molecule is C[C@@H]1O[C@@H](O[C@H]2C(O)OC(CO)[C@@H](O)[C@@H]2O)C[C@](C)(N)[C@@H]1O. The molecule has 9 nitrogen and oxygen atoms in total. The smallest absolute Gasteiger partial charge is 0.184 e. The van der Waals surface area contributed by atoms with Gasteiger partial charge in [0, 0.05) is 12.0 Å². The molecule has 0 aromatic heterocycles. The van der Waals surface area contributed by atoms with Gasteiger partial charge in [-0.1, -0.05) is 0 Å². The van der Waals surface area contributed by atoms with E-state index in [9.17, 15) is 20.4 Å². The first-order valence-electron chi connectivity index (χ1n) is 7.25. The van der Waals surface area contributed by atoms with Gasteiger partial charge < -0.3 is 45.5 Å². The highest BCUT2D eigenvalue weighted by molar-refractivity contribution is 4.96. The quantitative estimate of drug-likeness (QED) is 0.319. The molecule has 2 fully saturated rings. The van der Waals surface area contributed by atoms with Crippen LogP contribution >= 0.6 is 0 Å². The van der Waals surface area contributed by atoms with E-state index in [-0.39, 0.29) is 6.42 Å². The Morgan fingerprint density at radius 2 is 1.82 bits per heavy atom. The summed E-state index contributed by atoms with van der Waals surface area (Å²) < 4.78 is 16.0. The standard InChI is InChI=1S/C13H25NO8/c1-5-11(18)13(2,14)3-7(20-5)22-10-9(17)8(16)6(4-15)21-12(10)19/h5-12,15-19H,3-4,14H2,1-2H3/t5-,6?,7-,8+,9-,10+,11+,12?,13-/m0/s1. The molecule has 2 aliphatic heterocycles. The van der Waals surface area contributed by atoms with E-state index in [1.165, 1.54) is 0 Å². The molecular weight excluding hydrogens is 298 g/mol. The summed E-state index contributed by atoms with van der Waals surface area (Å²) in [6, 6.07) is 0. The van der Waals surface area contributed by atoms with Crippen molar-refractivity contribution in [1.82, 2.24) is 0 Å². The monoisotopic (exact) mass is 323 g/mol. The maximum Gasteiger partial charge on any atom is 0.184 e. The molecule has 0 radical (unpaired) electrons. The molecule has 22 heavy (non-hydrogen) atoms. The Bertz CT molecular complexity index is 381. The number of hydrogen-bond acceptors (Lipinski definition) is 9. The number of ether oxygens (including phenoxy) is 3. The molecule has 7 N–H and O–H groups in total. The van der Waals surface area contributed by atoms with Crippen LogP contribution in [0.3, 0.4) is 0 Å². The van der Waals surface area contributed by atoms with Gasteiger partial charge in [-0.05, 0) is 13.8 Å². The van der Waals surface area contributed by atoms with Crippen LogP contribution in [0, 0.1) is 0 Å². The van der Waals surface area contributed by atoms with Crippen molar-refractivity contribution in [3.05, 3.63) is 0 Å². The zero-order valence-electron chi connectivity index (χ0n) is 12.6. The molecule has 0 bridgehead atoms. The average Bonchev–Trinajstić information content (AvgIpc) is 2.44. The summed E-state index contributed by atoms with van der Waals surface area (Å²) in [6.07, 6.45) is -9.00. The number of aliphatic hydroxyl groups excluding tert-OH is 5. The molecule has 2 unspecified atom stereocenters. The first-order chi connectivity index (χ1) is 10.2. The van der Waals surface area contributed by atoms with Crippen LogP contribution in [0.4, 0.5) is 0 Å². The van der Waals surface area contributed by atoms with Crippen LogP contribution < -0.4 is 5.73 Å². The van der Waals surface area contributed by atoms with Gasteiger partial charge in [-0.15, -0.1) is 0 Å². The van der Waals surface area contributed by atoms with Gasteiger partial charge in [-0.3, -0.25) is 0 Å². The van der Waals surface area contributed by atoms with Crippen molar-refractivity contribution >= 4 is 0 Å². The third-order valence-electron chi connectivity index (χ3n) is 4.24. The number of hydrogen-bond donors (Lipinski definition) is 6. The first kappa shape index (κ1) is 18.0. The topological polar surface area (TPSA) is 155 Å². The maximum absolute atomic E-state index is 10.0. The van der Waals surface area contributed by atoms with Crippen LogP contribution in [0.25, 0.3) is 0 Å². The highest BCUT2D eigenvalue weighted by Gasteiger charge is 2.48. The zero-order chi connectivity index (χ0) is 16.7. The van der Waals surface area contributed by atoms with Crippen LogP contribution in [-0.4, -0.2) is 86.9 Å². The molecule has 0 amide bonds. The van der Waals surface area contributed by atoms with Crippen LogP contribution in [0.5, 0.6) is 0 Å². The lowest BCUT2D eigenvalue weighted by Crippen LogP contribution is -2.63. The summed E-state index contributed by atoms with van der Waals surface area (Å²) in [6.45, 7) is 2.73. The lowest BCUT2D eigenvalue weighted by atomic mass is 9.86. The van der Waals surface area contributed by atoms with Crippen molar-refractivity contribution in [2.24, 2.45) is 5.73 Å². The third-order valence-corrected chi connectivity index (χ3v) is 4.24. The van der Waals surface area contributed by atoms with Crippen molar-refractivity contribution < 1.29 is 39.7 Å². The van der Waals surface area contributed by atoms with Gasteiger partial charge in [-0.25, -0.2) is 0 Å². The van der Waals surface area contributed by atoms with E-state index in [0.717, 1.165) is 0 Å². The molecule has 0 aliphatic carbocycles. The zero-order valence-corrected chi connectivity index (χ0v) is 12.6. The summed E-state index contributed by atoms with van der Waals surface area (Å²) in [4.78, 5) is 0. The summed E-state index contributed by atoms with van der Waals surface area (Å²) in [5, 5.41) is 48.7. The fourth-order valence-electron chi connectivity index (χ4n) is 2.85. The van der Waals surface area contributed by atoms with E-state index >= 15 is 0 Å². The minimum Gasteiger partial charge on any atom is -0.394 e. The predicted molar refractivity (Wildman–Crippen MR) is 72.4 cm³/mol. The highest BCUT2D eigenvalue weighted by Crippen LogP contribution is 2.31. The second-order valence-corrected chi connectivity index (χ2v) is 6.26. The predicted octanol–water partition coefficient (Wildman–Crippen LogP) is -2.98. The molecule has 0 aromatic carbocycles. The second-order valence-electron chi connectivity index (χ2n) is 6.26. The molecule has 0 saturated carbocycles. The second kappa shape index (κ2) is 6.63. The van der Waals surface area contributed by atoms with Gasteiger partial charge in [0.05, 0.1) is 18.8 Å². The normalized spacial score (nSPS) is 53.5. The van der Waals surface area contributed by atoms with E-state index in [1.807, 2.05) is 0 Å². The molecule has 2 rings (SSSR count).